The molecule has 0 heterocycles. The first-order valence-corrected chi connectivity index (χ1v) is 11.7. The Morgan fingerprint density at radius 2 is 1.64 bits per heavy atom. The molecule has 0 aliphatic rings. The Hall–Kier alpha value is -1.83. The molecule has 0 aliphatic heterocycles. The third kappa shape index (κ3) is 5.16. The van der Waals surface area contributed by atoms with Gasteiger partial charge in [-0.1, -0.05) is 29.8 Å². The van der Waals surface area contributed by atoms with Gasteiger partial charge < -0.3 is 5.32 Å². The van der Waals surface area contributed by atoms with Crippen LogP contribution < -0.4 is 5.32 Å². The summed E-state index contributed by atoms with van der Waals surface area (Å²) in [6.45, 7) is 7.14. The first-order chi connectivity index (χ1) is 13.1. The average Bonchev–Trinajstić information content (AvgIpc) is 2.60. The van der Waals surface area contributed by atoms with Crippen molar-refractivity contribution >= 4 is 27.7 Å². The zero-order valence-corrected chi connectivity index (χ0v) is 18.9. The second-order valence-corrected chi connectivity index (χ2v) is 9.91. The van der Waals surface area contributed by atoms with Crippen molar-refractivity contribution in [3.63, 3.8) is 0 Å². The summed E-state index contributed by atoms with van der Waals surface area (Å²) in [4.78, 5) is 13.9. The Morgan fingerprint density at radius 1 is 1.11 bits per heavy atom. The summed E-state index contributed by atoms with van der Waals surface area (Å²) < 4.78 is 27.1. The van der Waals surface area contributed by atoms with Gasteiger partial charge in [-0.15, -0.1) is 11.8 Å². The van der Waals surface area contributed by atoms with Gasteiger partial charge in [-0.25, -0.2) is 8.42 Å². The predicted octanol–water partition coefficient (Wildman–Crippen LogP) is 3.83. The van der Waals surface area contributed by atoms with Gasteiger partial charge in [-0.3, -0.25) is 4.79 Å². The maximum atomic E-state index is 13.0. The van der Waals surface area contributed by atoms with Gasteiger partial charge >= 0.3 is 0 Å². The molecule has 2 aromatic carbocycles. The highest BCUT2D eigenvalue weighted by atomic mass is 32.2. The molecule has 152 valence electrons. The quantitative estimate of drug-likeness (QED) is 0.692. The molecule has 0 aliphatic carbocycles. The number of thioether (sulfide) groups is 1. The molecule has 0 bridgehead atoms. The van der Waals surface area contributed by atoms with Crippen molar-refractivity contribution in [2.45, 2.75) is 43.5 Å². The van der Waals surface area contributed by atoms with Gasteiger partial charge in [-0.2, -0.15) is 4.31 Å². The number of sulfonamides is 1. The Balaban J connectivity index is 2.10. The minimum Gasteiger partial charge on any atom is -0.348 e. The number of amides is 1. The summed E-state index contributed by atoms with van der Waals surface area (Å²) >= 11 is 1.65. The van der Waals surface area contributed by atoms with Crippen molar-refractivity contribution in [3.8, 4) is 0 Å². The normalized spacial score (nSPS) is 12.8. The van der Waals surface area contributed by atoms with Crippen LogP contribution in [-0.2, 0) is 14.8 Å². The lowest BCUT2D eigenvalue weighted by molar-refractivity contribution is -0.121. The lowest BCUT2D eigenvalue weighted by atomic mass is 10.1. The van der Waals surface area contributed by atoms with E-state index in [1.165, 1.54) is 7.05 Å². The van der Waals surface area contributed by atoms with Gasteiger partial charge in [0.25, 0.3) is 0 Å². The number of likely N-dealkylation sites (N-methyl/N-ethyl adjacent to an activating group) is 1. The van der Waals surface area contributed by atoms with Crippen molar-refractivity contribution < 1.29 is 13.2 Å². The first-order valence-electron chi connectivity index (χ1n) is 9.03. The monoisotopic (exact) mass is 420 g/mol. The molecule has 7 heteroatoms. The van der Waals surface area contributed by atoms with Crippen molar-refractivity contribution in [1.29, 1.82) is 0 Å². The zero-order chi connectivity index (χ0) is 21.1. The van der Waals surface area contributed by atoms with Crippen LogP contribution in [0.3, 0.4) is 0 Å². The number of hydrogen-bond donors (Lipinski definition) is 1. The molecule has 0 spiro atoms. The lowest BCUT2D eigenvalue weighted by Gasteiger charge is -2.21. The largest absolute Gasteiger partial charge is 0.348 e. The predicted molar refractivity (Wildman–Crippen MR) is 115 cm³/mol. The van der Waals surface area contributed by atoms with Crippen LogP contribution in [0.1, 0.15) is 35.2 Å². The third-order valence-corrected chi connectivity index (χ3v) is 7.49. The van der Waals surface area contributed by atoms with Crippen molar-refractivity contribution in [2.24, 2.45) is 0 Å². The van der Waals surface area contributed by atoms with Crippen molar-refractivity contribution in [1.82, 2.24) is 9.62 Å². The Labute approximate surface area is 172 Å². The van der Waals surface area contributed by atoms with Crippen LogP contribution in [0, 0.1) is 20.8 Å². The van der Waals surface area contributed by atoms with Gasteiger partial charge in [-0.05, 0) is 62.8 Å². The fraction of sp³-hybridized carbons (Fsp3) is 0.381. The van der Waals surface area contributed by atoms with Crippen LogP contribution in [0.25, 0.3) is 0 Å². The molecule has 0 unspecified atom stereocenters. The average molecular weight is 421 g/mol. The number of nitrogens with one attached hydrogen (secondary N) is 1. The molecule has 1 amide bonds. The number of nitrogens with zero attached hydrogens (tertiary/aromatic N) is 1. The smallest absolute Gasteiger partial charge is 0.243 e. The highest BCUT2D eigenvalue weighted by molar-refractivity contribution is 7.98. The SMILES string of the molecule is CSc1ccc([C@H](C)NC(=O)CN(C)S(=O)(=O)c2c(C)cc(C)cc2C)cc1. The van der Waals surface area contributed by atoms with E-state index in [2.05, 4.69) is 5.32 Å². The molecule has 0 saturated carbocycles. The number of benzene rings is 2. The van der Waals surface area contributed by atoms with E-state index in [1.807, 2.05) is 56.5 Å². The zero-order valence-electron chi connectivity index (χ0n) is 17.2. The Bertz CT molecular complexity index is 931. The molecular weight excluding hydrogens is 392 g/mol. The van der Waals surface area contributed by atoms with E-state index >= 15 is 0 Å². The molecule has 5 nitrogen and oxygen atoms in total. The van der Waals surface area contributed by atoms with Gasteiger partial charge in [0.15, 0.2) is 0 Å². The van der Waals surface area contributed by atoms with E-state index < -0.39 is 10.0 Å². The summed E-state index contributed by atoms with van der Waals surface area (Å²) in [6, 6.07) is 11.4. The molecule has 1 atom stereocenters. The van der Waals surface area contributed by atoms with Crippen LogP contribution in [0.4, 0.5) is 0 Å². The van der Waals surface area contributed by atoms with E-state index in [0.717, 1.165) is 20.3 Å². The van der Waals surface area contributed by atoms with Crippen LogP contribution in [0.5, 0.6) is 0 Å². The summed E-state index contributed by atoms with van der Waals surface area (Å²) in [5.74, 6) is -0.338. The van der Waals surface area contributed by atoms with E-state index in [0.29, 0.717) is 11.1 Å². The molecule has 2 aromatic rings. The molecule has 1 N–H and O–H groups in total. The fourth-order valence-corrected chi connectivity index (χ4v) is 5.22. The van der Waals surface area contributed by atoms with Gasteiger partial charge in [0.1, 0.15) is 0 Å². The van der Waals surface area contributed by atoms with Crippen molar-refractivity contribution in [3.05, 3.63) is 58.7 Å². The van der Waals surface area contributed by atoms with E-state index in [1.54, 1.807) is 25.6 Å². The Kier molecular flexibility index (Phi) is 7.31. The van der Waals surface area contributed by atoms with Crippen LogP contribution in [-0.4, -0.2) is 38.5 Å². The number of hydrogen-bond acceptors (Lipinski definition) is 4. The molecule has 0 fully saturated rings. The van der Waals surface area contributed by atoms with Crippen LogP contribution in [0.15, 0.2) is 46.2 Å². The highest BCUT2D eigenvalue weighted by Crippen LogP contribution is 2.24. The van der Waals surface area contributed by atoms with Crippen molar-refractivity contribution in [2.75, 3.05) is 19.8 Å². The van der Waals surface area contributed by atoms with Gasteiger partial charge in [0, 0.05) is 11.9 Å². The number of rotatable bonds is 7. The van der Waals surface area contributed by atoms with Gasteiger partial charge in [0.05, 0.1) is 17.5 Å². The minimum atomic E-state index is -3.75. The summed E-state index contributed by atoms with van der Waals surface area (Å²) in [6.07, 6.45) is 2.01. The molecule has 0 saturated heterocycles. The molecule has 2 rings (SSSR count). The molecule has 0 radical (unpaired) electrons. The second kappa shape index (κ2) is 9.11. The Morgan fingerprint density at radius 3 is 2.14 bits per heavy atom. The fourth-order valence-electron chi connectivity index (χ4n) is 3.28. The molecule has 28 heavy (non-hydrogen) atoms. The summed E-state index contributed by atoms with van der Waals surface area (Å²) in [5, 5.41) is 2.87. The first kappa shape index (κ1) is 22.5. The van der Waals surface area contributed by atoms with Gasteiger partial charge in [0.2, 0.25) is 15.9 Å². The number of carbonyl (C=O) groups is 1. The van der Waals surface area contributed by atoms with E-state index in [-0.39, 0.29) is 23.4 Å². The maximum Gasteiger partial charge on any atom is 0.243 e. The minimum absolute atomic E-state index is 0.206. The second-order valence-electron chi connectivity index (χ2n) is 7.05. The molecule has 0 aromatic heterocycles. The maximum absolute atomic E-state index is 13.0. The summed E-state index contributed by atoms with van der Waals surface area (Å²) in [7, 11) is -2.32. The number of carbonyl (C=O) groups excluding carboxylic acids is 1. The van der Waals surface area contributed by atoms with E-state index in [4.69, 9.17) is 0 Å². The third-order valence-electron chi connectivity index (χ3n) is 4.63. The number of aryl methyl sites for hydroxylation is 3. The van der Waals surface area contributed by atoms with Crippen LogP contribution in [0.2, 0.25) is 0 Å². The standard InChI is InChI=1S/C21H28N2O3S2/c1-14-11-15(2)21(16(3)12-14)28(25,26)23(5)13-20(24)22-17(4)18-7-9-19(27-6)10-8-18/h7-12,17H,13H2,1-6H3,(H,22,24)/t17-/m0/s1. The van der Waals surface area contributed by atoms with Crippen LogP contribution >= 0.6 is 11.8 Å². The molecular formula is C21H28N2O3S2. The lowest BCUT2D eigenvalue weighted by Crippen LogP contribution is -2.39. The summed E-state index contributed by atoms with van der Waals surface area (Å²) in [5.41, 5.74) is 3.36. The highest BCUT2D eigenvalue weighted by Gasteiger charge is 2.27. The van der Waals surface area contributed by atoms with E-state index in [9.17, 15) is 13.2 Å². The topological polar surface area (TPSA) is 66.5 Å².